The fourth-order valence-electron chi connectivity index (χ4n) is 3.42. The predicted molar refractivity (Wildman–Crippen MR) is 96.6 cm³/mol. The van der Waals surface area contributed by atoms with E-state index in [1.54, 1.807) is 0 Å². The lowest BCUT2D eigenvalue weighted by Gasteiger charge is -2.04. The number of hydrogen-bond donors (Lipinski definition) is 0. The minimum Gasteiger partial charge on any atom is -0.469 e. The van der Waals surface area contributed by atoms with Gasteiger partial charge in [0, 0.05) is 25.7 Å². The van der Waals surface area contributed by atoms with E-state index in [9.17, 15) is 4.79 Å². The van der Waals surface area contributed by atoms with E-state index in [-0.39, 0.29) is 5.78 Å². The summed E-state index contributed by atoms with van der Waals surface area (Å²) in [6, 6.07) is 0. The molecule has 0 aromatic carbocycles. The lowest BCUT2D eigenvalue weighted by molar-refractivity contribution is -0.119. The second-order valence-electron chi connectivity index (χ2n) is 6.28. The Balaban J connectivity index is 1.88. The molecule has 0 unspecified atom stereocenters. The Morgan fingerprint density at radius 3 is 1.50 bits per heavy atom. The molecule has 2 aromatic heterocycles. The highest BCUT2D eigenvalue weighted by molar-refractivity contribution is 5.78. The molecular formula is C21H30O3. The first kappa shape index (κ1) is 18.6. The molecule has 0 spiro atoms. The number of carbonyl (C=O) groups excluding carboxylic acids is 1. The fourth-order valence-corrected chi connectivity index (χ4v) is 3.42. The van der Waals surface area contributed by atoms with E-state index in [0.29, 0.717) is 25.7 Å². The smallest absolute Gasteiger partial charge is 0.133 e. The molecular weight excluding hydrogens is 300 g/mol. The third-order valence-electron chi connectivity index (χ3n) is 4.87. The van der Waals surface area contributed by atoms with Crippen molar-refractivity contribution >= 4 is 5.78 Å². The SMILES string of the molecule is CCc1coc(CCC(=O)CCc2occ(CC)c2CC)c1CC. The summed E-state index contributed by atoms with van der Waals surface area (Å²) in [7, 11) is 0. The van der Waals surface area contributed by atoms with E-state index in [4.69, 9.17) is 8.83 Å². The first-order chi connectivity index (χ1) is 11.6. The van der Waals surface area contributed by atoms with Crippen molar-refractivity contribution in [3.05, 3.63) is 46.3 Å². The van der Waals surface area contributed by atoms with Gasteiger partial charge in [0.1, 0.15) is 17.3 Å². The minimum atomic E-state index is 0.281. The molecule has 0 aliphatic heterocycles. The Labute approximate surface area is 145 Å². The quantitative estimate of drug-likeness (QED) is 0.597. The maximum atomic E-state index is 12.3. The number of carbonyl (C=O) groups is 1. The maximum Gasteiger partial charge on any atom is 0.133 e. The zero-order chi connectivity index (χ0) is 17.5. The topological polar surface area (TPSA) is 43.4 Å². The van der Waals surface area contributed by atoms with Crippen molar-refractivity contribution in [2.45, 2.75) is 79.1 Å². The van der Waals surface area contributed by atoms with Crippen molar-refractivity contribution in [3.63, 3.8) is 0 Å². The Bertz CT molecular complexity index is 604. The van der Waals surface area contributed by atoms with Gasteiger partial charge in [-0.1, -0.05) is 27.7 Å². The molecule has 3 heteroatoms. The molecule has 0 fully saturated rings. The highest BCUT2D eigenvalue weighted by Crippen LogP contribution is 2.22. The van der Waals surface area contributed by atoms with Crippen molar-refractivity contribution in [3.8, 4) is 0 Å². The van der Waals surface area contributed by atoms with Crippen LogP contribution in [0, 0.1) is 0 Å². The molecule has 2 heterocycles. The monoisotopic (exact) mass is 330 g/mol. The number of hydrogen-bond acceptors (Lipinski definition) is 3. The van der Waals surface area contributed by atoms with Crippen LogP contribution in [-0.4, -0.2) is 5.78 Å². The van der Waals surface area contributed by atoms with Gasteiger partial charge in [0.05, 0.1) is 12.5 Å². The van der Waals surface area contributed by atoms with E-state index in [0.717, 1.165) is 37.2 Å². The van der Waals surface area contributed by atoms with Gasteiger partial charge in [-0.15, -0.1) is 0 Å². The van der Waals surface area contributed by atoms with E-state index in [2.05, 4.69) is 27.7 Å². The Morgan fingerprint density at radius 2 is 1.17 bits per heavy atom. The average molecular weight is 330 g/mol. The van der Waals surface area contributed by atoms with Gasteiger partial charge >= 0.3 is 0 Å². The van der Waals surface area contributed by atoms with Crippen LogP contribution < -0.4 is 0 Å². The van der Waals surface area contributed by atoms with Crippen LogP contribution in [0.1, 0.15) is 74.3 Å². The second-order valence-corrected chi connectivity index (χ2v) is 6.28. The van der Waals surface area contributed by atoms with Gasteiger partial charge < -0.3 is 8.83 Å². The average Bonchev–Trinajstić information content (AvgIpc) is 3.20. The van der Waals surface area contributed by atoms with Gasteiger partial charge in [-0.05, 0) is 47.9 Å². The molecule has 132 valence electrons. The number of furan rings is 2. The number of aryl methyl sites for hydroxylation is 4. The largest absolute Gasteiger partial charge is 0.469 e. The third-order valence-corrected chi connectivity index (χ3v) is 4.87. The molecule has 0 saturated heterocycles. The first-order valence-corrected chi connectivity index (χ1v) is 9.32. The van der Waals surface area contributed by atoms with E-state index in [1.807, 2.05) is 12.5 Å². The van der Waals surface area contributed by atoms with Crippen molar-refractivity contribution in [2.24, 2.45) is 0 Å². The van der Waals surface area contributed by atoms with Crippen LogP contribution in [0.5, 0.6) is 0 Å². The summed E-state index contributed by atoms with van der Waals surface area (Å²) in [6.45, 7) is 8.56. The number of Topliss-reactive ketones (excluding diaryl/α,β-unsaturated/α-hetero) is 1. The molecule has 0 saturated carbocycles. The number of ketones is 1. The first-order valence-electron chi connectivity index (χ1n) is 9.32. The molecule has 2 aromatic rings. The van der Waals surface area contributed by atoms with Gasteiger partial charge in [-0.25, -0.2) is 0 Å². The molecule has 0 aliphatic rings. The van der Waals surface area contributed by atoms with Gasteiger partial charge in [0.25, 0.3) is 0 Å². The lowest BCUT2D eigenvalue weighted by Crippen LogP contribution is -2.04. The predicted octanol–water partition coefficient (Wildman–Crippen LogP) is 5.26. The van der Waals surface area contributed by atoms with Crippen LogP contribution in [0.25, 0.3) is 0 Å². The van der Waals surface area contributed by atoms with E-state index >= 15 is 0 Å². The van der Waals surface area contributed by atoms with Crippen LogP contribution in [0.2, 0.25) is 0 Å². The maximum absolute atomic E-state index is 12.3. The van der Waals surface area contributed by atoms with E-state index < -0.39 is 0 Å². The van der Waals surface area contributed by atoms with Crippen LogP contribution in [-0.2, 0) is 43.3 Å². The van der Waals surface area contributed by atoms with Crippen LogP contribution in [0.15, 0.2) is 21.4 Å². The second kappa shape index (κ2) is 8.91. The minimum absolute atomic E-state index is 0.281. The summed E-state index contributed by atoms with van der Waals surface area (Å²) in [5, 5.41) is 0. The summed E-state index contributed by atoms with van der Waals surface area (Å²) in [4.78, 5) is 12.3. The Kier molecular flexibility index (Phi) is 6.89. The summed E-state index contributed by atoms with van der Waals surface area (Å²) >= 11 is 0. The van der Waals surface area contributed by atoms with Crippen LogP contribution in [0.3, 0.4) is 0 Å². The zero-order valence-electron chi connectivity index (χ0n) is 15.5. The number of rotatable bonds is 10. The van der Waals surface area contributed by atoms with Gasteiger partial charge in [-0.2, -0.15) is 0 Å². The molecule has 0 amide bonds. The third kappa shape index (κ3) is 4.19. The fraction of sp³-hybridized carbons (Fsp3) is 0.571. The molecule has 0 radical (unpaired) electrons. The Hall–Kier alpha value is -1.77. The highest BCUT2D eigenvalue weighted by atomic mass is 16.3. The highest BCUT2D eigenvalue weighted by Gasteiger charge is 2.15. The van der Waals surface area contributed by atoms with E-state index in [1.165, 1.54) is 22.3 Å². The molecule has 0 atom stereocenters. The summed E-state index contributed by atoms with van der Waals surface area (Å²) < 4.78 is 11.3. The zero-order valence-corrected chi connectivity index (χ0v) is 15.5. The van der Waals surface area contributed by atoms with Crippen LogP contribution >= 0.6 is 0 Å². The van der Waals surface area contributed by atoms with Crippen molar-refractivity contribution in [2.75, 3.05) is 0 Å². The van der Waals surface area contributed by atoms with Gasteiger partial charge in [0.15, 0.2) is 0 Å². The summed E-state index contributed by atoms with van der Waals surface area (Å²) in [5.74, 6) is 2.26. The normalized spacial score (nSPS) is 11.2. The molecule has 0 aliphatic carbocycles. The Morgan fingerprint density at radius 1 is 0.750 bits per heavy atom. The lowest BCUT2D eigenvalue weighted by atomic mass is 10.00. The van der Waals surface area contributed by atoms with Crippen molar-refractivity contribution < 1.29 is 13.6 Å². The van der Waals surface area contributed by atoms with Gasteiger partial charge in [-0.3, -0.25) is 4.79 Å². The summed E-state index contributed by atoms with van der Waals surface area (Å²) in [5.41, 5.74) is 5.12. The van der Waals surface area contributed by atoms with Gasteiger partial charge in [0.2, 0.25) is 0 Å². The van der Waals surface area contributed by atoms with Crippen LogP contribution in [0.4, 0.5) is 0 Å². The molecule has 2 rings (SSSR count). The molecule has 0 N–H and O–H groups in total. The summed E-state index contributed by atoms with van der Waals surface area (Å²) in [6.07, 6.45) is 10.1. The molecule has 3 nitrogen and oxygen atoms in total. The van der Waals surface area contributed by atoms with Crippen molar-refractivity contribution in [1.29, 1.82) is 0 Å². The standard InChI is InChI=1S/C21H30O3/c1-5-15-13-23-20(18(15)7-3)11-9-17(22)10-12-21-19(8-4)16(6-2)14-24-21/h13-14H,5-12H2,1-4H3. The molecule has 0 bridgehead atoms. The van der Waals surface area contributed by atoms with Crippen molar-refractivity contribution in [1.82, 2.24) is 0 Å². The molecule has 24 heavy (non-hydrogen) atoms.